The van der Waals surface area contributed by atoms with Crippen molar-refractivity contribution in [1.82, 2.24) is 4.57 Å². The first kappa shape index (κ1) is 37.3. The van der Waals surface area contributed by atoms with Crippen LogP contribution >= 0.6 is 11.3 Å². The summed E-state index contributed by atoms with van der Waals surface area (Å²) < 4.78 is 5.03. The van der Waals surface area contributed by atoms with Gasteiger partial charge < -0.3 is 9.47 Å². The van der Waals surface area contributed by atoms with Gasteiger partial charge in [0.2, 0.25) is 0 Å². The molecule has 0 saturated heterocycles. The molecular weight excluding hydrogens is 805 g/mol. The number of para-hydroxylation sites is 2. The molecule has 0 radical (unpaired) electrons. The molecule has 2 aromatic heterocycles. The minimum atomic E-state index is 1.09. The van der Waals surface area contributed by atoms with Gasteiger partial charge in [0.25, 0.3) is 0 Å². The number of aromatic nitrogens is 1. The fraction of sp³-hybridized carbons (Fsp3) is 0. The molecule has 0 N–H and O–H groups in total. The van der Waals surface area contributed by atoms with Gasteiger partial charge in [-0.2, -0.15) is 0 Å². The normalized spacial score (nSPS) is 11.7. The predicted molar refractivity (Wildman–Crippen MR) is 280 cm³/mol. The van der Waals surface area contributed by atoms with Gasteiger partial charge in [-0.1, -0.05) is 170 Å². The molecule has 0 spiro atoms. The number of benzene rings is 11. The number of fused-ring (bicyclic) bond motifs is 9. The van der Waals surface area contributed by atoms with E-state index in [1.165, 1.54) is 96.9 Å². The number of hydrogen-bond acceptors (Lipinski definition) is 2. The highest BCUT2D eigenvalue weighted by Crippen LogP contribution is 2.45. The van der Waals surface area contributed by atoms with Crippen molar-refractivity contribution in [2.75, 3.05) is 4.90 Å². The minimum absolute atomic E-state index is 1.09. The van der Waals surface area contributed by atoms with Crippen LogP contribution in [0.4, 0.5) is 17.1 Å². The third-order valence-corrected chi connectivity index (χ3v) is 14.3. The van der Waals surface area contributed by atoms with E-state index in [9.17, 15) is 0 Å². The van der Waals surface area contributed by atoms with Crippen molar-refractivity contribution in [3.63, 3.8) is 0 Å². The lowest BCUT2D eigenvalue weighted by molar-refractivity contribution is 1.18. The maximum absolute atomic E-state index is 2.42. The lowest BCUT2D eigenvalue weighted by atomic mass is 9.91. The van der Waals surface area contributed by atoms with Gasteiger partial charge >= 0.3 is 0 Å². The first-order chi connectivity index (χ1) is 32.2. The van der Waals surface area contributed by atoms with Crippen LogP contribution < -0.4 is 4.90 Å². The van der Waals surface area contributed by atoms with E-state index in [2.05, 4.69) is 252 Å². The molecule has 0 aliphatic rings. The summed E-state index contributed by atoms with van der Waals surface area (Å²) in [6.07, 6.45) is 0. The molecule has 13 aromatic rings. The third-order valence-electron chi connectivity index (χ3n) is 13.2. The van der Waals surface area contributed by atoms with E-state index in [0.29, 0.717) is 0 Å². The maximum Gasteiger partial charge on any atom is 0.0547 e. The average Bonchev–Trinajstić information content (AvgIpc) is 3.93. The highest BCUT2D eigenvalue weighted by molar-refractivity contribution is 7.25. The van der Waals surface area contributed by atoms with Gasteiger partial charge in [0.05, 0.1) is 11.0 Å². The molecule has 0 amide bonds. The van der Waals surface area contributed by atoms with Crippen LogP contribution in [-0.2, 0) is 0 Å². The van der Waals surface area contributed by atoms with Crippen LogP contribution in [-0.4, -0.2) is 4.57 Å². The topological polar surface area (TPSA) is 8.17 Å². The van der Waals surface area contributed by atoms with Crippen molar-refractivity contribution in [3.05, 3.63) is 243 Å². The van der Waals surface area contributed by atoms with Crippen LogP contribution in [0.1, 0.15) is 0 Å². The van der Waals surface area contributed by atoms with E-state index >= 15 is 0 Å². The highest BCUT2D eigenvalue weighted by atomic mass is 32.1. The van der Waals surface area contributed by atoms with Crippen LogP contribution in [0, 0.1) is 0 Å². The number of thiophene rings is 1. The zero-order valence-corrected chi connectivity index (χ0v) is 36.2. The summed E-state index contributed by atoms with van der Waals surface area (Å²) in [5.41, 5.74) is 14.2. The van der Waals surface area contributed by atoms with Gasteiger partial charge in [0.1, 0.15) is 0 Å². The minimum Gasteiger partial charge on any atom is -0.310 e. The Labute approximate surface area is 381 Å². The van der Waals surface area contributed by atoms with Crippen molar-refractivity contribution in [1.29, 1.82) is 0 Å². The summed E-state index contributed by atoms with van der Waals surface area (Å²) >= 11 is 1.87. The first-order valence-electron chi connectivity index (χ1n) is 22.2. The lowest BCUT2D eigenvalue weighted by Crippen LogP contribution is -2.10. The first-order valence-corrected chi connectivity index (χ1v) is 23.1. The Morgan fingerprint density at radius 1 is 0.308 bits per heavy atom. The Hall–Kier alpha value is -8.24. The second kappa shape index (κ2) is 15.2. The molecule has 304 valence electrons. The van der Waals surface area contributed by atoms with Gasteiger partial charge in [0, 0.05) is 53.7 Å². The van der Waals surface area contributed by atoms with Crippen molar-refractivity contribution in [2.45, 2.75) is 0 Å². The second-order valence-electron chi connectivity index (χ2n) is 16.8. The molecule has 65 heavy (non-hydrogen) atoms. The Morgan fingerprint density at radius 2 is 0.846 bits per heavy atom. The van der Waals surface area contributed by atoms with Gasteiger partial charge in [-0.3, -0.25) is 0 Å². The molecule has 0 bridgehead atoms. The Morgan fingerprint density at radius 3 is 1.55 bits per heavy atom. The molecule has 0 aliphatic carbocycles. The summed E-state index contributed by atoms with van der Waals surface area (Å²) in [5.74, 6) is 0. The van der Waals surface area contributed by atoms with E-state index in [1.807, 2.05) is 11.3 Å². The van der Waals surface area contributed by atoms with Crippen molar-refractivity contribution >= 4 is 91.9 Å². The molecule has 0 saturated carbocycles. The van der Waals surface area contributed by atoms with E-state index in [0.717, 1.165) is 22.7 Å². The number of anilines is 3. The average molecular weight is 845 g/mol. The smallest absolute Gasteiger partial charge is 0.0547 e. The molecule has 0 fully saturated rings. The summed E-state index contributed by atoms with van der Waals surface area (Å²) in [4.78, 5) is 2.42. The van der Waals surface area contributed by atoms with Crippen LogP contribution in [0.15, 0.2) is 243 Å². The van der Waals surface area contributed by atoms with Crippen molar-refractivity contribution in [2.24, 2.45) is 0 Å². The Bertz CT molecular complexity index is 3910. The number of hydrogen-bond donors (Lipinski definition) is 0. The lowest BCUT2D eigenvalue weighted by Gasteiger charge is -2.26. The van der Waals surface area contributed by atoms with Crippen LogP contribution in [0.2, 0.25) is 0 Å². The van der Waals surface area contributed by atoms with Gasteiger partial charge in [-0.05, 0) is 128 Å². The van der Waals surface area contributed by atoms with Gasteiger partial charge in [-0.25, -0.2) is 0 Å². The molecule has 2 nitrogen and oxygen atoms in total. The van der Waals surface area contributed by atoms with E-state index in [4.69, 9.17) is 0 Å². The van der Waals surface area contributed by atoms with Crippen LogP contribution in [0.5, 0.6) is 0 Å². The van der Waals surface area contributed by atoms with Crippen LogP contribution in [0.3, 0.4) is 0 Å². The summed E-state index contributed by atoms with van der Waals surface area (Å²) in [6.45, 7) is 0. The summed E-state index contributed by atoms with van der Waals surface area (Å²) in [7, 11) is 0. The molecule has 2 heterocycles. The highest BCUT2D eigenvalue weighted by Gasteiger charge is 2.20. The number of nitrogens with zero attached hydrogens (tertiary/aromatic N) is 2. The third kappa shape index (κ3) is 6.16. The monoisotopic (exact) mass is 844 g/mol. The summed E-state index contributed by atoms with van der Waals surface area (Å²) in [6, 6.07) is 88.9. The zero-order valence-electron chi connectivity index (χ0n) is 35.4. The van der Waals surface area contributed by atoms with Crippen molar-refractivity contribution in [3.8, 4) is 39.1 Å². The zero-order chi connectivity index (χ0) is 42.8. The molecule has 3 heteroatoms. The Kier molecular flexibility index (Phi) is 8.75. The fourth-order valence-electron chi connectivity index (χ4n) is 10.3. The van der Waals surface area contributed by atoms with Gasteiger partial charge in [-0.15, -0.1) is 11.3 Å². The molecule has 0 aliphatic heterocycles. The van der Waals surface area contributed by atoms with E-state index in [-0.39, 0.29) is 0 Å². The SMILES string of the molecule is c1ccc(-c2cccc3cccc(-c4ccc(N(c5ccc(-c6cccc7sc8ccccc8c67)cc5)c5ccc6ccc7c(c6c5)c5ccccc5n7-c5ccccc5)cc4)c23)cc1. The molecule has 0 atom stereocenters. The standard InChI is InChI=1S/C62H40N2S/c1-3-14-41(15-4-1)50-22-11-16-45-17-12-23-51(60(45)50)42-28-34-47(35-29-42)63(48-36-30-43(31-37-48)52-24-13-27-59-62(52)54-21-8-10-26-58(54)65-59)49-38-32-44-33-39-57-61(55(44)40-49)53-20-7-9-25-56(53)64(57)46-18-5-2-6-19-46/h1-40H. The summed E-state index contributed by atoms with van der Waals surface area (Å²) in [5, 5.41) is 10.1. The molecule has 11 aromatic carbocycles. The predicted octanol–water partition coefficient (Wildman–Crippen LogP) is 17.9. The molecule has 13 rings (SSSR count). The van der Waals surface area contributed by atoms with Gasteiger partial charge in [0.15, 0.2) is 0 Å². The van der Waals surface area contributed by atoms with E-state index in [1.54, 1.807) is 0 Å². The number of rotatable bonds is 7. The maximum atomic E-state index is 2.42. The molecular formula is C62H40N2S. The van der Waals surface area contributed by atoms with Crippen LogP contribution in [0.25, 0.3) is 103 Å². The molecule has 0 unspecified atom stereocenters. The second-order valence-corrected chi connectivity index (χ2v) is 17.9. The quantitative estimate of drug-likeness (QED) is 0.155. The largest absolute Gasteiger partial charge is 0.310 e. The fourth-order valence-corrected chi connectivity index (χ4v) is 11.4. The van der Waals surface area contributed by atoms with Crippen molar-refractivity contribution < 1.29 is 0 Å². The van der Waals surface area contributed by atoms with E-state index < -0.39 is 0 Å². The Balaban J connectivity index is 0.989.